The van der Waals surface area contributed by atoms with E-state index in [2.05, 4.69) is 19.7 Å². The van der Waals surface area contributed by atoms with Crippen molar-refractivity contribution in [3.8, 4) is 22.8 Å². The minimum atomic E-state index is -2.88. The first-order valence-electron chi connectivity index (χ1n) is 8.85. The van der Waals surface area contributed by atoms with Crippen molar-refractivity contribution in [1.82, 2.24) is 15.0 Å². The molecule has 146 valence electrons. The second kappa shape index (κ2) is 8.73. The normalized spacial score (nSPS) is 11.1. The van der Waals surface area contributed by atoms with Gasteiger partial charge in [-0.05, 0) is 34.9 Å². The number of halogens is 2. The maximum absolute atomic E-state index is 12.5. The van der Waals surface area contributed by atoms with Crippen LogP contribution in [-0.2, 0) is 6.42 Å². The molecule has 0 amide bonds. The van der Waals surface area contributed by atoms with Gasteiger partial charge in [0.2, 0.25) is 5.88 Å². The monoisotopic (exact) mass is 385 g/mol. The van der Waals surface area contributed by atoms with Crippen molar-refractivity contribution < 1.29 is 18.3 Å². The van der Waals surface area contributed by atoms with Gasteiger partial charge >= 0.3 is 6.61 Å². The van der Waals surface area contributed by atoms with E-state index in [1.165, 1.54) is 19.2 Å². The summed E-state index contributed by atoms with van der Waals surface area (Å²) in [6.07, 6.45) is 5.93. The van der Waals surface area contributed by atoms with E-state index in [4.69, 9.17) is 4.74 Å². The first kappa shape index (κ1) is 19.7. The van der Waals surface area contributed by atoms with E-state index in [-0.39, 0.29) is 11.7 Å². The highest BCUT2D eigenvalue weighted by Crippen LogP contribution is 2.32. The maximum atomic E-state index is 12.5. The van der Waals surface area contributed by atoms with E-state index >= 15 is 0 Å². The number of nitrogens with zero attached hydrogens (tertiary/aromatic N) is 3. The molecule has 3 rings (SSSR count). The highest BCUT2D eigenvalue weighted by molar-refractivity contribution is 5.70. The van der Waals surface area contributed by atoms with Gasteiger partial charge in [-0.15, -0.1) is 0 Å². The average molecular weight is 385 g/mol. The van der Waals surface area contributed by atoms with Crippen molar-refractivity contribution >= 4 is 0 Å². The van der Waals surface area contributed by atoms with Gasteiger partial charge in [0.25, 0.3) is 0 Å². The van der Waals surface area contributed by atoms with Crippen molar-refractivity contribution in [1.29, 1.82) is 0 Å². The fraction of sp³-hybridized carbons (Fsp3) is 0.286. The van der Waals surface area contributed by atoms with E-state index in [0.29, 0.717) is 23.4 Å². The smallest absolute Gasteiger partial charge is 0.387 e. The second-order valence-electron chi connectivity index (χ2n) is 6.59. The molecule has 0 spiro atoms. The molecule has 0 fully saturated rings. The van der Waals surface area contributed by atoms with Gasteiger partial charge < -0.3 is 9.47 Å². The first-order valence-corrected chi connectivity index (χ1v) is 8.85. The molecule has 5 nitrogen and oxygen atoms in total. The number of methoxy groups -OCH3 is 1. The Morgan fingerprint density at radius 2 is 1.68 bits per heavy atom. The molecule has 0 aliphatic heterocycles. The number of hydrogen-bond donors (Lipinski definition) is 0. The molecule has 0 saturated heterocycles. The lowest BCUT2D eigenvalue weighted by molar-refractivity contribution is -0.0498. The highest BCUT2D eigenvalue weighted by atomic mass is 19.3. The van der Waals surface area contributed by atoms with Gasteiger partial charge in [0, 0.05) is 36.5 Å². The van der Waals surface area contributed by atoms with Gasteiger partial charge in [0.05, 0.1) is 7.11 Å². The van der Waals surface area contributed by atoms with Crippen molar-refractivity contribution in [2.24, 2.45) is 0 Å². The molecule has 0 atom stereocenters. The van der Waals surface area contributed by atoms with Crippen LogP contribution in [0.4, 0.5) is 8.78 Å². The SMILES string of the molecule is COc1ncc(Cc2cnc(C(C)C)nc2)cc1-c1cccc(OC(F)F)c1. The number of aromatic nitrogens is 3. The van der Waals surface area contributed by atoms with Crippen LogP contribution in [0, 0.1) is 0 Å². The summed E-state index contributed by atoms with van der Waals surface area (Å²) in [7, 11) is 1.52. The lowest BCUT2D eigenvalue weighted by atomic mass is 10.0. The minimum Gasteiger partial charge on any atom is -0.481 e. The Balaban J connectivity index is 1.90. The maximum Gasteiger partial charge on any atom is 0.387 e. The summed E-state index contributed by atoms with van der Waals surface area (Å²) in [6.45, 7) is 1.21. The summed E-state index contributed by atoms with van der Waals surface area (Å²) >= 11 is 0. The predicted octanol–water partition coefficient (Wildman–Crippen LogP) is 4.86. The van der Waals surface area contributed by atoms with Crippen LogP contribution in [0.15, 0.2) is 48.9 Å². The van der Waals surface area contributed by atoms with Crippen LogP contribution >= 0.6 is 0 Å². The molecule has 1 aromatic carbocycles. The Kier molecular flexibility index (Phi) is 6.13. The molecule has 0 aliphatic carbocycles. The molecule has 2 heterocycles. The molecule has 2 aromatic heterocycles. The predicted molar refractivity (Wildman–Crippen MR) is 102 cm³/mol. The number of pyridine rings is 1. The van der Waals surface area contributed by atoms with Crippen molar-refractivity contribution in [3.05, 3.63) is 65.9 Å². The zero-order valence-electron chi connectivity index (χ0n) is 15.9. The molecular formula is C21H21F2N3O2. The summed E-state index contributed by atoms with van der Waals surface area (Å²) in [4.78, 5) is 13.1. The van der Waals surface area contributed by atoms with Crippen LogP contribution in [0.25, 0.3) is 11.1 Å². The number of rotatable bonds is 7. The summed E-state index contributed by atoms with van der Waals surface area (Å²) in [6, 6.07) is 8.38. The van der Waals surface area contributed by atoms with Gasteiger partial charge in [0.1, 0.15) is 11.6 Å². The van der Waals surface area contributed by atoms with Crippen LogP contribution in [-0.4, -0.2) is 28.7 Å². The van der Waals surface area contributed by atoms with Crippen molar-refractivity contribution in [3.63, 3.8) is 0 Å². The number of alkyl halides is 2. The number of ether oxygens (including phenoxy) is 2. The standard InChI is InChI=1S/C21H21F2N3O2/c1-13(2)19-24-11-15(12-25-19)7-14-8-18(20(27-3)26-10-14)16-5-4-6-17(9-16)28-21(22)23/h4-6,8-13,21H,7H2,1-3H3. The Labute approximate surface area is 162 Å². The van der Waals surface area contributed by atoms with E-state index in [1.807, 2.05) is 32.3 Å². The Hall–Kier alpha value is -3.09. The third kappa shape index (κ3) is 4.79. The topological polar surface area (TPSA) is 57.1 Å². The lowest BCUT2D eigenvalue weighted by Gasteiger charge is -2.12. The van der Waals surface area contributed by atoms with E-state index in [1.54, 1.807) is 18.3 Å². The molecule has 7 heteroatoms. The molecule has 28 heavy (non-hydrogen) atoms. The second-order valence-corrected chi connectivity index (χ2v) is 6.59. The van der Waals surface area contributed by atoms with Gasteiger partial charge in [-0.3, -0.25) is 0 Å². The Morgan fingerprint density at radius 1 is 0.964 bits per heavy atom. The fourth-order valence-corrected chi connectivity index (χ4v) is 2.79. The molecule has 0 aliphatic rings. The number of benzene rings is 1. The molecule has 3 aromatic rings. The van der Waals surface area contributed by atoms with E-state index < -0.39 is 6.61 Å². The Morgan fingerprint density at radius 3 is 2.32 bits per heavy atom. The van der Waals surface area contributed by atoms with E-state index in [0.717, 1.165) is 17.0 Å². The van der Waals surface area contributed by atoms with Gasteiger partial charge in [-0.2, -0.15) is 8.78 Å². The van der Waals surface area contributed by atoms with Crippen LogP contribution < -0.4 is 9.47 Å². The van der Waals surface area contributed by atoms with Crippen molar-refractivity contribution in [2.75, 3.05) is 7.11 Å². The molecular weight excluding hydrogens is 364 g/mol. The molecule has 0 saturated carbocycles. The summed E-state index contributed by atoms with van der Waals surface area (Å²) in [5, 5.41) is 0. The van der Waals surface area contributed by atoms with Crippen molar-refractivity contribution in [2.45, 2.75) is 32.8 Å². The summed E-state index contributed by atoms with van der Waals surface area (Å²) < 4.78 is 34.9. The van der Waals surface area contributed by atoms with Crippen LogP contribution in [0.5, 0.6) is 11.6 Å². The van der Waals surface area contributed by atoms with E-state index in [9.17, 15) is 8.78 Å². The Bertz CT molecular complexity index is 931. The van der Waals surface area contributed by atoms with Gasteiger partial charge in [0.15, 0.2) is 0 Å². The zero-order chi connectivity index (χ0) is 20.1. The summed E-state index contributed by atoms with van der Waals surface area (Å²) in [5.74, 6) is 1.56. The lowest BCUT2D eigenvalue weighted by Crippen LogP contribution is -2.02. The van der Waals surface area contributed by atoms with Gasteiger partial charge in [-0.25, -0.2) is 15.0 Å². The third-order valence-electron chi connectivity index (χ3n) is 4.12. The molecule has 0 N–H and O–H groups in total. The zero-order valence-corrected chi connectivity index (χ0v) is 15.9. The quantitative estimate of drug-likeness (QED) is 0.581. The third-order valence-corrected chi connectivity index (χ3v) is 4.12. The first-order chi connectivity index (χ1) is 13.5. The molecule has 0 radical (unpaired) electrons. The molecule has 0 bridgehead atoms. The number of hydrogen-bond acceptors (Lipinski definition) is 5. The minimum absolute atomic E-state index is 0.0811. The van der Waals surface area contributed by atoms with Crippen LogP contribution in [0.3, 0.4) is 0 Å². The van der Waals surface area contributed by atoms with Gasteiger partial charge in [-0.1, -0.05) is 26.0 Å². The highest BCUT2D eigenvalue weighted by Gasteiger charge is 2.12. The van der Waals surface area contributed by atoms with Crippen LogP contribution in [0.2, 0.25) is 0 Å². The fourth-order valence-electron chi connectivity index (χ4n) is 2.79. The van der Waals surface area contributed by atoms with Crippen LogP contribution in [0.1, 0.15) is 36.7 Å². The molecule has 0 unspecified atom stereocenters. The largest absolute Gasteiger partial charge is 0.481 e. The average Bonchev–Trinajstić information content (AvgIpc) is 2.68. The summed E-state index contributed by atoms with van der Waals surface area (Å²) in [5.41, 5.74) is 3.25.